The molecular formula is C9H15ClFNO2. The Labute approximate surface area is 88.3 Å². The van der Waals surface area contributed by atoms with E-state index in [-0.39, 0.29) is 12.4 Å². The van der Waals surface area contributed by atoms with Crippen LogP contribution in [0.3, 0.4) is 0 Å². The molecule has 0 aromatic heterocycles. The molecule has 3 nitrogen and oxygen atoms in total. The summed E-state index contributed by atoms with van der Waals surface area (Å²) in [6.45, 7) is 5.01. The molecule has 0 fully saturated rings. The first-order chi connectivity index (χ1) is 6.35. The van der Waals surface area contributed by atoms with Crippen LogP contribution in [0.2, 0.25) is 0 Å². The number of allylic oxidation sites excluding steroid dienone is 1. The minimum Gasteiger partial charge on any atom is -0.444 e. The van der Waals surface area contributed by atoms with Crippen LogP contribution in [-0.4, -0.2) is 24.1 Å². The fourth-order valence-corrected chi connectivity index (χ4v) is 0.794. The largest absolute Gasteiger partial charge is 0.444 e. The molecule has 82 valence electrons. The van der Waals surface area contributed by atoms with Crippen molar-refractivity contribution in [3.8, 4) is 0 Å². The highest BCUT2D eigenvalue weighted by atomic mass is 35.5. The van der Waals surface area contributed by atoms with Gasteiger partial charge < -0.3 is 10.1 Å². The number of alkyl carbamates (subject to hydrolysis) is 1. The van der Waals surface area contributed by atoms with Crippen molar-refractivity contribution < 1.29 is 13.9 Å². The number of rotatable bonds is 3. The average molecular weight is 224 g/mol. The summed E-state index contributed by atoms with van der Waals surface area (Å²) in [6.07, 6.45) is 0.537. The lowest BCUT2D eigenvalue weighted by molar-refractivity contribution is 0.0530. The van der Waals surface area contributed by atoms with Crippen LogP contribution in [0.15, 0.2) is 11.9 Å². The number of carbonyl (C=O) groups excluding carboxylic acids is 1. The molecule has 0 aliphatic heterocycles. The zero-order valence-electron chi connectivity index (χ0n) is 8.56. The van der Waals surface area contributed by atoms with Gasteiger partial charge in [0.15, 0.2) is 0 Å². The maximum absolute atomic E-state index is 12.7. The lowest BCUT2D eigenvalue weighted by Crippen LogP contribution is -2.33. The molecule has 0 heterocycles. The number of carbonyl (C=O) groups is 1. The van der Waals surface area contributed by atoms with Crippen molar-refractivity contribution in [2.75, 3.05) is 12.4 Å². The molecule has 1 amide bonds. The Morgan fingerprint density at radius 1 is 1.57 bits per heavy atom. The van der Waals surface area contributed by atoms with Crippen LogP contribution in [0, 0.1) is 0 Å². The normalized spacial score (nSPS) is 12.5. The van der Waals surface area contributed by atoms with E-state index in [0.717, 1.165) is 0 Å². The summed E-state index contributed by atoms with van der Waals surface area (Å²) in [5, 5.41) is 2.26. The van der Waals surface area contributed by atoms with Gasteiger partial charge in [0.2, 0.25) is 0 Å². The minimum atomic E-state index is -0.643. The summed E-state index contributed by atoms with van der Waals surface area (Å²) >= 11 is 5.26. The molecule has 0 atom stereocenters. The van der Waals surface area contributed by atoms with Crippen molar-refractivity contribution in [3.05, 3.63) is 11.9 Å². The third kappa shape index (κ3) is 7.86. The molecule has 0 aromatic rings. The highest BCUT2D eigenvalue weighted by molar-refractivity contribution is 6.18. The standard InChI is InChI=1S/C9H15ClFNO2/c1-9(2,3)14-8(13)12-6-7(11)4-5-10/h4H,5-6H2,1-3H3,(H,12,13). The summed E-state index contributed by atoms with van der Waals surface area (Å²) in [5.41, 5.74) is -0.573. The third-order valence-corrected chi connectivity index (χ3v) is 1.25. The van der Waals surface area contributed by atoms with E-state index in [9.17, 15) is 9.18 Å². The van der Waals surface area contributed by atoms with E-state index in [4.69, 9.17) is 16.3 Å². The molecule has 1 N–H and O–H groups in total. The number of halogens is 2. The van der Waals surface area contributed by atoms with Crippen molar-refractivity contribution in [3.63, 3.8) is 0 Å². The summed E-state index contributed by atoms with van der Waals surface area (Å²) in [4.78, 5) is 11.0. The van der Waals surface area contributed by atoms with Crippen LogP contribution < -0.4 is 5.32 Å². The van der Waals surface area contributed by atoms with Gasteiger partial charge in [-0.15, -0.1) is 11.6 Å². The van der Waals surface area contributed by atoms with Crippen LogP contribution in [0.25, 0.3) is 0 Å². The number of ether oxygens (including phenoxy) is 1. The maximum Gasteiger partial charge on any atom is 0.408 e. The minimum absolute atomic E-state index is 0.0852. The van der Waals surface area contributed by atoms with Gasteiger partial charge in [-0.25, -0.2) is 9.18 Å². The first-order valence-electron chi connectivity index (χ1n) is 4.22. The van der Waals surface area contributed by atoms with E-state index in [1.54, 1.807) is 20.8 Å². The molecule has 0 saturated heterocycles. The lowest BCUT2D eigenvalue weighted by Gasteiger charge is -2.19. The van der Waals surface area contributed by atoms with Crippen molar-refractivity contribution in [2.24, 2.45) is 0 Å². The SMILES string of the molecule is CC(C)(C)OC(=O)NCC(F)=CCCl. The van der Waals surface area contributed by atoms with Gasteiger partial charge in [0.25, 0.3) is 0 Å². The molecule has 0 bridgehead atoms. The third-order valence-electron chi connectivity index (χ3n) is 1.10. The van der Waals surface area contributed by atoms with E-state index in [1.165, 1.54) is 6.08 Å². The Bertz CT molecular complexity index is 223. The maximum atomic E-state index is 12.7. The number of hydrogen-bond donors (Lipinski definition) is 1. The Morgan fingerprint density at radius 2 is 2.14 bits per heavy atom. The van der Waals surface area contributed by atoms with Gasteiger partial charge in [0.1, 0.15) is 11.4 Å². The van der Waals surface area contributed by atoms with E-state index in [1.807, 2.05) is 0 Å². The fraction of sp³-hybridized carbons (Fsp3) is 0.667. The van der Waals surface area contributed by atoms with Crippen LogP contribution in [-0.2, 0) is 4.74 Å². The summed E-state index contributed by atoms with van der Waals surface area (Å²) < 4.78 is 17.6. The zero-order chi connectivity index (χ0) is 11.2. The summed E-state index contributed by atoms with van der Waals surface area (Å²) in [6, 6.07) is 0. The predicted molar refractivity (Wildman–Crippen MR) is 54.1 cm³/mol. The molecule has 0 aliphatic rings. The molecule has 14 heavy (non-hydrogen) atoms. The van der Waals surface area contributed by atoms with Crippen LogP contribution >= 0.6 is 11.6 Å². The molecule has 0 aliphatic carbocycles. The van der Waals surface area contributed by atoms with Gasteiger partial charge in [-0.05, 0) is 26.8 Å². The second-order valence-corrected chi connectivity index (χ2v) is 3.97. The summed E-state index contributed by atoms with van der Waals surface area (Å²) in [5.74, 6) is -0.396. The topological polar surface area (TPSA) is 38.3 Å². The van der Waals surface area contributed by atoms with Crippen molar-refractivity contribution in [1.82, 2.24) is 5.32 Å². The molecular weight excluding hydrogens is 209 g/mol. The highest BCUT2D eigenvalue weighted by Gasteiger charge is 2.15. The molecule has 0 radical (unpaired) electrons. The van der Waals surface area contributed by atoms with Crippen LogP contribution in [0.1, 0.15) is 20.8 Å². The predicted octanol–water partition coefficient (Wildman–Crippen LogP) is 2.60. The van der Waals surface area contributed by atoms with E-state index < -0.39 is 17.5 Å². The Kier molecular flexibility index (Phi) is 5.53. The van der Waals surface area contributed by atoms with E-state index in [0.29, 0.717) is 0 Å². The number of nitrogens with one attached hydrogen (secondary N) is 1. The lowest BCUT2D eigenvalue weighted by atomic mass is 10.2. The number of alkyl halides is 1. The second-order valence-electron chi connectivity index (χ2n) is 3.66. The summed E-state index contributed by atoms with van der Waals surface area (Å²) in [7, 11) is 0. The van der Waals surface area contributed by atoms with Crippen molar-refractivity contribution in [2.45, 2.75) is 26.4 Å². The van der Waals surface area contributed by atoms with Crippen LogP contribution in [0.5, 0.6) is 0 Å². The number of hydrogen-bond acceptors (Lipinski definition) is 2. The number of amides is 1. The molecule has 0 aromatic carbocycles. The average Bonchev–Trinajstić information content (AvgIpc) is 1.98. The molecule has 0 unspecified atom stereocenters. The first kappa shape index (κ1) is 13.2. The van der Waals surface area contributed by atoms with Crippen molar-refractivity contribution in [1.29, 1.82) is 0 Å². The van der Waals surface area contributed by atoms with Gasteiger partial charge in [0.05, 0.1) is 6.54 Å². The first-order valence-corrected chi connectivity index (χ1v) is 4.76. The van der Waals surface area contributed by atoms with E-state index >= 15 is 0 Å². The Morgan fingerprint density at radius 3 is 2.57 bits per heavy atom. The van der Waals surface area contributed by atoms with Gasteiger partial charge in [-0.2, -0.15) is 0 Å². The quantitative estimate of drug-likeness (QED) is 0.747. The smallest absolute Gasteiger partial charge is 0.408 e. The monoisotopic (exact) mass is 223 g/mol. The van der Waals surface area contributed by atoms with Gasteiger partial charge in [-0.3, -0.25) is 0 Å². The fourth-order valence-electron chi connectivity index (χ4n) is 0.627. The highest BCUT2D eigenvalue weighted by Crippen LogP contribution is 2.06. The van der Waals surface area contributed by atoms with Gasteiger partial charge >= 0.3 is 6.09 Å². The van der Waals surface area contributed by atoms with Gasteiger partial charge in [-0.1, -0.05) is 0 Å². The molecule has 5 heteroatoms. The zero-order valence-corrected chi connectivity index (χ0v) is 9.32. The van der Waals surface area contributed by atoms with Crippen LogP contribution in [0.4, 0.5) is 9.18 Å². The Balaban J connectivity index is 3.81. The van der Waals surface area contributed by atoms with Gasteiger partial charge in [0, 0.05) is 5.88 Å². The molecule has 0 saturated carbocycles. The molecule has 0 rings (SSSR count). The van der Waals surface area contributed by atoms with Crippen molar-refractivity contribution >= 4 is 17.7 Å². The molecule has 0 spiro atoms. The second kappa shape index (κ2) is 5.86. The Hall–Kier alpha value is -0.770. The van der Waals surface area contributed by atoms with E-state index in [2.05, 4.69) is 5.32 Å².